The average molecular weight is 329 g/mol. The Hall–Kier alpha value is -2.63. The lowest BCUT2D eigenvalue weighted by Crippen LogP contribution is -2.43. The van der Waals surface area contributed by atoms with E-state index in [2.05, 4.69) is 0 Å². The normalized spacial score (nSPS) is 17.7. The largest absolute Gasteiger partial charge is 0.466 e. The monoisotopic (exact) mass is 329 g/mol. The van der Waals surface area contributed by atoms with Gasteiger partial charge in [-0.3, -0.25) is 14.4 Å². The molecule has 6 heteroatoms. The molecule has 2 heterocycles. The molecule has 1 aromatic heterocycles. The first-order chi connectivity index (χ1) is 11.6. The molecule has 0 unspecified atom stereocenters. The van der Waals surface area contributed by atoms with E-state index in [4.69, 9.17) is 9.15 Å². The molecule has 1 atom stereocenters. The second-order valence-electron chi connectivity index (χ2n) is 5.81. The van der Waals surface area contributed by atoms with Gasteiger partial charge in [0.2, 0.25) is 0 Å². The number of carbonyl (C=O) groups excluding carboxylic acids is 2. The van der Waals surface area contributed by atoms with Crippen LogP contribution in [0.25, 0.3) is 11.0 Å². The third kappa shape index (κ3) is 3.18. The van der Waals surface area contributed by atoms with Crippen LogP contribution in [0.2, 0.25) is 0 Å². The molecule has 0 aliphatic carbocycles. The molecule has 0 spiro atoms. The lowest BCUT2D eigenvalue weighted by atomic mass is 9.98. The molecule has 0 saturated carbocycles. The van der Waals surface area contributed by atoms with Crippen molar-refractivity contribution in [2.75, 3.05) is 19.7 Å². The summed E-state index contributed by atoms with van der Waals surface area (Å²) in [7, 11) is 0. The first kappa shape index (κ1) is 16.2. The average Bonchev–Trinajstić information content (AvgIpc) is 2.61. The van der Waals surface area contributed by atoms with E-state index in [0.717, 1.165) is 0 Å². The van der Waals surface area contributed by atoms with Crippen molar-refractivity contribution >= 4 is 22.8 Å². The lowest BCUT2D eigenvalue weighted by molar-refractivity contribution is -0.149. The standard InChI is InChI=1S/C18H19NO5/c1-2-23-18(22)12-6-5-9-19(11-12)17(21)16-10-14(20)13-7-3-4-8-15(13)24-16/h3-4,7-8,10,12H,2,5-6,9,11H2,1H3/t12-/m1/s1. The highest BCUT2D eigenvalue weighted by Crippen LogP contribution is 2.21. The van der Waals surface area contributed by atoms with Crippen LogP contribution in [0.5, 0.6) is 0 Å². The Morgan fingerprint density at radius 2 is 2.12 bits per heavy atom. The molecule has 1 amide bonds. The first-order valence-corrected chi connectivity index (χ1v) is 8.09. The summed E-state index contributed by atoms with van der Waals surface area (Å²) >= 11 is 0. The number of fused-ring (bicyclic) bond motifs is 1. The third-order valence-electron chi connectivity index (χ3n) is 4.17. The second kappa shape index (κ2) is 6.86. The van der Waals surface area contributed by atoms with Gasteiger partial charge in [0.05, 0.1) is 17.9 Å². The van der Waals surface area contributed by atoms with Gasteiger partial charge in [0.1, 0.15) is 5.58 Å². The smallest absolute Gasteiger partial charge is 0.310 e. The summed E-state index contributed by atoms with van der Waals surface area (Å²) in [6.45, 7) is 2.90. The topological polar surface area (TPSA) is 76.8 Å². The number of rotatable bonds is 3. The summed E-state index contributed by atoms with van der Waals surface area (Å²) < 4.78 is 10.6. The zero-order chi connectivity index (χ0) is 17.1. The molecule has 1 fully saturated rings. The van der Waals surface area contributed by atoms with Crippen molar-refractivity contribution in [1.82, 2.24) is 4.90 Å². The van der Waals surface area contributed by atoms with E-state index in [9.17, 15) is 14.4 Å². The van der Waals surface area contributed by atoms with Gasteiger partial charge < -0.3 is 14.1 Å². The molecule has 1 aliphatic heterocycles. The van der Waals surface area contributed by atoms with Crippen molar-refractivity contribution < 1.29 is 18.7 Å². The molecule has 24 heavy (non-hydrogen) atoms. The number of nitrogens with zero attached hydrogens (tertiary/aromatic N) is 1. The molecule has 0 bridgehead atoms. The third-order valence-corrected chi connectivity index (χ3v) is 4.17. The molecule has 2 aromatic rings. The van der Waals surface area contributed by atoms with Gasteiger partial charge >= 0.3 is 5.97 Å². The molecule has 0 N–H and O–H groups in total. The molecule has 3 rings (SSSR count). The number of para-hydroxylation sites is 1. The fraction of sp³-hybridized carbons (Fsp3) is 0.389. The maximum absolute atomic E-state index is 12.7. The van der Waals surface area contributed by atoms with Crippen LogP contribution in [0, 0.1) is 5.92 Å². The summed E-state index contributed by atoms with van der Waals surface area (Å²) in [5, 5.41) is 0.442. The highest BCUT2D eigenvalue weighted by atomic mass is 16.5. The number of hydrogen-bond donors (Lipinski definition) is 0. The van der Waals surface area contributed by atoms with Crippen molar-refractivity contribution in [1.29, 1.82) is 0 Å². The van der Waals surface area contributed by atoms with E-state index in [0.29, 0.717) is 37.0 Å². The Morgan fingerprint density at radius 1 is 1.33 bits per heavy atom. The van der Waals surface area contributed by atoms with Gasteiger partial charge in [-0.2, -0.15) is 0 Å². The Morgan fingerprint density at radius 3 is 2.92 bits per heavy atom. The highest BCUT2D eigenvalue weighted by Gasteiger charge is 2.30. The number of benzene rings is 1. The fourth-order valence-corrected chi connectivity index (χ4v) is 2.98. The molecule has 1 aromatic carbocycles. The van der Waals surface area contributed by atoms with E-state index in [1.807, 2.05) is 0 Å². The number of likely N-dealkylation sites (tertiary alicyclic amines) is 1. The Balaban J connectivity index is 1.83. The molecule has 126 valence electrons. The van der Waals surface area contributed by atoms with Crippen LogP contribution in [-0.4, -0.2) is 36.5 Å². The van der Waals surface area contributed by atoms with Crippen LogP contribution in [0.3, 0.4) is 0 Å². The molecule has 6 nitrogen and oxygen atoms in total. The van der Waals surface area contributed by atoms with Crippen molar-refractivity contribution in [2.45, 2.75) is 19.8 Å². The number of hydrogen-bond acceptors (Lipinski definition) is 5. The predicted molar refractivity (Wildman–Crippen MR) is 87.7 cm³/mol. The van der Waals surface area contributed by atoms with Gasteiger partial charge in [0.25, 0.3) is 5.91 Å². The number of amides is 1. The van der Waals surface area contributed by atoms with E-state index in [-0.39, 0.29) is 35.5 Å². The number of piperidine rings is 1. The minimum Gasteiger partial charge on any atom is -0.466 e. The zero-order valence-corrected chi connectivity index (χ0v) is 13.5. The summed E-state index contributed by atoms with van der Waals surface area (Å²) in [4.78, 5) is 38.3. The summed E-state index contributed by atoms with van der Waals surface area (Å²) in [5.41, 5.74) is 0.131. The van der Waals surface area contributed by atoms with Crippen molar-refractivity contribution in [3.63, 3.8) is 0 Å². The van der Waals surface area contributed by atoms with Crippen LogP contribution in [0.4, 0.5) is 0 Å². The number of ether oxygens (including phenoxy) is 1. The Kier molecular flexibility index (Phi) is 4.64. The highest BCUT2D eigenvalue weighted by molar-refractivity contribution is 5.93. The van der Waals surface area contributed by atoms with Crippen LogP contribution in [-0.2, 0) is 9.53 Å². The van der Waals surface area contributed by atoms with Gasteiger partial charge in [0, 0.05) is 19.2 Å². The van der Waals surface area contributed by atoms with Gasteiger partial charge in [-0.25, -0.2) is 0 Å². The quantitative estimate of drug-likeness (QED) is 0.807. The second-order valence-corrected chi connectivity index (χ2v) is 5.81. The Labute approximate surface area is 139 Å². The maximum Gasteiger partial charge on any atom is 0.310 e. The fourth-order valence-electron chi connectivity index (χ4n) is 2.98. The summed E-state index contributed by atoms with van der Waals surface area (Å²) in [5.74, 6) is -0.972. The summed E-state index contributed by atoms with van der Waals surface area (Å²) in [6, 6.07) is 8.03. The van der Waals surface area contributed by atoms with E-state index in [1.54, 1.807) is 36.1 Å². The SMILES string of the molecule is CCOC(=O)[C@@H]1CCCN(C(=O)c2cc(=O)c3ccccc3o2)C1. The Bertz CT molecular complexity index is 826. The van der Waals surface area contributed by atoms with Gasteiger partial charge in [0.15, 0.2) is 11.2 Å². The molecule has 1 saturated heterocycles. The molecule has 1 aliphatic rings. The number of carbonyl (C=O) groups is 2. The number of esters is 1. The molecular formula is C18H19NO5. The van der Waals surface area contributed by atoms with E-state index < -0.39 is 0 Å². The van der Waals surface area contributed by atoms with E-state index >= 15 is 0 Å². The van der Waals surface area contributed by atoms with Crippen LogP contribution in [0.1, 0.15) is 30.3 Å². The van der Waals surface area contributed by atoms with Gasteiger partial charge in [-0.15, -0.1) is 0 Å². The van der Waals surface area contributed by atoms with Gasteiger partial charge in [-0.1, -0.05) is 12.1 Å². The van der Waals surface area contributed by atoms with Crippen molar-refractivity contribution in [3.05, 3.63) is 46.3 Å². The minimum absolute atomic E-state index is 0.00297. The zero-order valence-electron chi connectivity index (χ0n) is 13.5. The first-order valence-electron chi connectivity index (χ1n) is 8.09. The maximum atomic E-state index is 12.7. The predicted octanol–water partition coefficient (Wildman–Crippen LogP) is 2.21. The molecule has 0 radical (unpaired) electrons. The van der Waals surface area contributed by atoms with Crippen molar-refractivity contribution in [2.24, 2.45) is 5.92 Å². The minimum atomic E-state index is -0.369. The summed E-state index contributed by atoms with van der Waals surface area (Å²) in [6.07, 6.45) is 1.41. The van der Waals surface area contributed by atoms with Crippen molar-refractivity contribution in [3.8, 4) is 0 Å². The molecular weight excluding hydrogens is 310 g/mol. The van der Waals surface area contributed by atoms with Crippen LogP contribution >= 0.6 is 0 Å². The van der Waals surface area contributed by atoms with E-state index in [1.165, 1.54) is 6.07 Å². The van der Waals surface area contributed by atoms with Crippen LogP contribution < -0.4 is 5.43 Å². The lowest BCUT2D eigenvalue weighted by Gasteiger charge is -2.31. The van der Waals surface area contributed by atoms with Crippen LogP contribution in [0.15, 0.2) is 39.5 Å². The van der Waals surface area contributed by atoms with Gasteiger partial charge in [-0.05, 0) is 31.9 Å².